The molecule has 0 aromatic heterocycles. The number of methoxy groups -OCH3 is 1. The van der Waals surface area contributed by atoms with Crippen LogP contribution in [0.15, 0.2) is 4.99 Å². The lowest BCUT2D eigenvalue weighted by molar-refractivity contribution is 0.0157. The second kappa shape index (κ2) is 9.12. The van der Waals surface area contributed by atoms with E-state index in [1.807, 2.05) is 6.92 Å². The zero-order valence-corrected chi connectivity index (χ0v) is 12.4. The van der Waals surface area contributed by atoms with Crippen LogP contribution in [0.1, 0.15) is 33.1 Å². The van der Waals surface area contributed by atoms with Crippen LogP contribution in [-0.4, -0.2) is 56.4 Å². The summed E-state index contributed by atoms with van der Waals surface area (Å²) < 4.78 is 10.9. The highest BCUT2D eigenvalue weighted by molar-refractivity contribution is 5.79. The van der Waals surface area contributed by atoms with Gasteiger partial charge >= 0.3 is 0 Å². The molecule has 0 saturated carbocycles. The second-order valence-corrected chi connectivity index (χ2v) is 4.98. The van der Waals surface area contributed by atoms with Gasteiger partial charge in [-0.2, -0.15) is 0 Å². The van der Waals surface area contributed by atoms with Crippen molar-refractivity contribution in [2.24, 2.45) is 10.8 Å². The third kappa shape index (κ3) is 5.76. The van der Waals surface area contributed by atoms with Crippen molar-refractivity contribution in [2.45, 2.75) is 45.3 Å². The molecule has 0 amide bonds. The molecule has 0 aromatic carbocycles. The molecule has 19 heavy (non-hydrogen) atoms. The number of nitrogens with one attached hydrogen (secondary N) is 1. The van der Waals surface area contributed by atoms with Crippen LogP contribution in [0.3, 0.4) is 0 Å². The van der Waals surface area contributed by atoms with Crippen molar-refractivity contribution in [2.75, 3.05) is 33.4 Å². The van der Waals surface area contributed by atoms with Crippen LogP contribution in [-0.2, 0) is 9.47 Å². The average molecular weight is 272 g/mol. The molecule has 0 aliphatic carbocycles. The lowest BCUT2D eigenvalue weighted by atomic mass is 10.1. The van der Waals surface area contributed by atoms with E-state index >= 15 is 0 Å². The fourth-order valence-electron chi connectivity index (χ4n) is 2.25. The van der Waals surface area contributed by atoms with Crippen LogP contribution < -0.4 is 11.3 Å². The summed E-state index contributed by atoms with van der Waals surface area (Å²) in [5, 5.41) is 0. The summed E-state index contributed by atoms with van der Waals surface area (Å²) in [5.41, 5.74) is 2.70. The maximum atomic E-state index is 5.82. The number of likely N-dealkylation sites (tertiary alicyclic amines) is 1. The topological polar surface area (TPSA) is 72.1 Å². The largest absolute Gasteiger partial charge is 0.382 e. The van der Waals surface area contributed by atoms with E-state index in [-0.39, 0.29) is 12.1 Å². The molecule has 1 saturated heterocycles. The number of piperidine rings is 1. The van der Waals surface area contributed by atoms with E-state index in [0.717, 1.165) is 44.9 Å². The molecule has 1 fully saturated rings. The van der Waals surface area contributed by atoms with Gasteiger partial charge in [-0.3, -0.25) is 5.43 Å². The van der Waals surface area contributed by atoms with Crippen LogP contribution in [0, 0.1) is 0 Å². The summed E-state index contributed by atoms with van der Waals surface area (Å²) in [4.78, 5) is 6.71. The Morgan fingerprint density at radius 1 is 1.58 bits per heavy atom. The monoisotopic (exact) mass is 272 g/mol. The number of guanidine groups is 1. The number of ether oxygens (including phenoxy) is 2. The Bertz CT molecular complexity index is 273. The van der Waals surface area contributed by atoms with Gasteiger partial charge in [0.1, 0.15) is 0 Å². The molecular weight excluding hydrogens is 244 g/mol. The van der Waals surface area contributed by atoms with Crippen LogP contribution in [0.5, 0.6) is 0 Å². The van der Waals surface area contributed by atoms with E-state index in [2.05, 4.69) is 22.2 Å². The van der Waals surface area contributed by atoms with Gasteiger partial charge in [-0.15, -0.1) is 0 Å². The van der Waals surface area contributed by atoms with Crippen LogP contribution in [0.2, 0.25) is 0 Å². The molecule has 0 aromatic rings. The molecular formula is C13H28N4O2. The summed E-state index contributed by atoms with van der Waals surface area (Å²) in [6.45, 7) is 7.37. The predicted octanol–water partition coefficient (Wildman–Crippen LogP) is 0.732. The zero-order chi connectivity index (χ0) is 14.1. The van der Waals surface area contributed by atoms with Crippen molar-refractivity contribution in [3.8, 4) is 0 Å². The molecule has 1 heterocycles. The second-order valence-electron chi connectivity index (χ2n) is 4.98. The first-order valence-corrected chi connectivity index (χ1v) is 7.11. The van der Waals surface area contributed by atoms with Crippen molar-refractivity contribution >= 4 is 5.96 Å². The van der Waals surface area contributed by atoms with Gasteiger partial charge in [0.25, 0.3) is 0 Å². The fraction of sp³-hybridized carbons (Fsp3) is 0.923. The Hall–Kier alpha value is -0.850. The minimum absolute atomic E-state index is 0.0907. The molecule has 0 radical (unpaired) electrons. The van der Waals surface area contributed by atoms with E-state index in [1.54, 1.807) is 7.11 Å². The quantitative estimate of drug-likeness (QED) is 0.323. The van der Waals surface area contributed by atoms with Gasteiger partial charge in [-0.05, 0) is 26.2 Å². The Kier molecular flexibility index (Phi) is 7.78. The molecule has 2 unspecified atom stereocenters. The zero-order valence-electron chi connectivity index (χ0n) is 12.4. The summed E-state index contributed by atoms with van der Waals surface area (Å²) in [7, 11) is 1.68. The number of nitrogens with two attached hydrogens (primary N) is 1. The SMILES string of the molecule is CCCOC1CCCN(C(=NC(C)COC)NN)C1. The number of hydrazine groups is 1. The van der Waals surface area contributed by atoms with Gasteiger partial charge in [-0.25, -0.2) is 10.8 Å². The smallest absolute Gasteiger partial charge is 0.208 e. The molecule has 6 heteroatoms. The van der Waals surface area contributed by atoms with Gasteiger partial charge in [-0.1, -0.05) is 6.92 Å². The summed E-state index contributed by atoms with van der Waals surface area (Å²) in [5.74, 6) is 6.32. The highest BCUT2D eigenvalue weighted by atomic mass is 16.5. The van der Waals surface area contributed by atoms with Gasteiger partial charge < -0.3 is 14.4 Å². The fourth-order valence-corrected chi connectivity index (χ4v) is 2.25. The minimum Gasteiger partial charge on any atom is -0.382 e. The first-order chi connectivity index (χ1) is 9.21. The normalized spacial score (nSPS) is 22.4. The Balaban J connectivity index is 2.54. The van der Waals surface area contributed by atoms with E-state index in [0.29, 0.717) is 6.61 Å². The highest BCUT2D eigenvalue weighted by Crippen LogP contribution is 2.13. The van der Waals surface area contributed by atoms with Crippen LogP contribution in [0.25, 0.3) is 0 Å². The molecule has 1 aliphatic heterocycles. The minimum atomic E-state index is 0.0907. The molecule has 0 bridgehead atoms. The molecule has 1 aliphatic rings. The van der Waals surface area contributed by atoms with E-state index < -0.39 is 0 Å². The standard InChI is InChI=1S/C13H28N4O2/c1-4-8-19-12-6-5-7-17(9-12)13(16-14)15-11(2)10-18-3/h11-12H,4-10,14H2,1-3H3,(H,15,16). The lowest BCUT2D eigenvalue weighted by Crippen LogP contribution is -2.51. The van der Waals surface area contributed by atoms with Gasteiger partial charge in [0.05, 0.1) is 18.8 Å². The Morgan fingerprint density at radius 3 is 3.00 bits per heavy atom. The van der Waals surface area contributed by atoms with Gasteiger partial charge in [0.15, 0.2) is 0 Å². The molecule has 0 spiro atoms. The number of hydrogen-bond donors (Lipinski definition) is 2. The van der Waals surface area contributed by atoms with Gasteiger partial charge in [0, 0.05) is 26.8 Å². The highest BCUT2D eigenvalue weighted by Gasteiger charge is 2.22. The van der Waals surface area contributed by atoms with Crippen molar-refractivity contribution in [3.05, 3.63) is 0 Å². The molecule has 6 nitrogen and oxygen atoms in total. The van der Waals surface area contributed by atoms with Crippen molar-refractivity contribution < 1.29 is 9.47 Å². The first kappa shape index (κ1) is 16.2. The third-order valence-electron chi connectivity index (χ3n) is 3.12. The van der Waals surface area contributed by atoms with E-state index in [9.17, 15) is 0 Å². The third-order valence-corrected chi connectivity index (χ3v) is 3.12. The number of nitrogens with zero attached hydrogens (tertiary/aromatic N) is 2. The van der Waals surface area contributed by atoms with E-state index in [4.69, 9.17) is 15.3 Å². The van der Waals surface area contributed by atoms with Gasteiger partial charge in [0.2, 0.25) is 5.96 Å². The van der Waals surface area contributed by atoms with Crippen molar-refractivity contribution in [1.29, 1.82) is 0 Å². The lowest BCUT2D eigenvalue weighted by Gasteiger charge is -2.34. The summed E-state index contributed by atoms with van der Waals surface area (Å²) in [6.07, 6.45) is 3.55. The summed E-state index contributed by atoms with van der Waals surface area (Å²) in [6, 6.07) is 0.0907. The summed E-state index contributed by atoms with van der Waals surface area (Å²) >= 11 is 0. The predicted molar refractivity (Wildman–Crippen MR) is 76.9 cm³/mol. The van der Waals surface area contributed by atoms with Crippen molar-refractivity contribution in [1.82, 2.24) is 10.3 Å². The van der Waals surface area contributed by atoms with Crippen molar-refractivity contribution in [3.63, 3.8) is 0 Å². The molecule has 3 N–H and O–H groups in total. The maximum absolute atomic E-state index is 5.82. The molecule has 112 valence electrons. The Labute approximate surface area is 116 Å². The average Bonchev–Trinajstić information content (AvgIpc) is 2.43. The molecule has 1 rings (SSSR count). The Morgan fingerprint density at radius 2 is 2.37 bits per heavy atom. The number of hydrogen-bond acceptors (Lipinski definition) is 4. The number of aliphatic imine (C=N–C) groups is 1. The van der Waals surface area contributed by atoms with Crippen LogP contribution in [0.4, 0.5) is 0 Å². The molecule has 2 atom stereocenters. The van der Waals surface area contributed by atoms with Crippen LogP contribution >= 0.6 is 0 Å². The maximum Gasteiger partial charge on any atom is 0.208 e. The first-order valence-electron chi connectivity index (χ1n) is 7.11. The number of rotatable bonds is 6. The van der Waals surface area contributed by atoms with E-state index in [1.165, 1.54) is 0 Å².